The van der Waals surface area contributed by atoms with E-state index in [0.29, 0.717) is 23.2 Å². The smallest absolute Gasteiger partial charge is 0.244 e. The van der Waals surface area contributed by atoms with Crippen molar-refractivity contribution in [2.45, 2.75) is 13.5 Å². The van der Waals surface area contributed by atoms with E-state index >= 15 is 0 Å². The Morgan fingerprint density at radius 3 is 2.74 bits per heavy atom. The van der Waals surface area contributed by atoms with Crippen LogP contribution in [-0.4, -0.2) is 12.5 Å². The molecule has 0 saturated heterocycles. The van der Waals surface area contributed by atoms with Crippen molar-refractivity contribution in [3.8, 4) is 5.75 Å². The minimum Gasteiger partial charge on any atom is -0.494 e. The Morgan fingerprint density at radius 2 is 2.00 bits per heavy atom. The number of halogens is 2. The fourth-order valence-electron chi connectivity index (χ4n) is 1.99. The molecule has 0 heterocycles. The van der Waals surface area contributed by atoms with E-state index in [4.69, 9.17) is 27.9 Å². The molecule has 0 atom stereocenters. The van der Waals surface area contributed by atoms with Gasteiger partial charge in [0.2, 0.25) is 5.91 Å². The van der Waals surface area contributed by atoms with Crippen LogP contribution in [0, 0.1) is 0 Å². The normalized spacial score (nSPS) is 10.7. The van der Waals surface area contributed by atoms with Gasteiger partial charge in [-0.05, 0) is 36.8 Å². The molecular weight excluding hydrogens is 333 g/mol. The molecule has 2 rings (SSSR count). The lowest BCUT2D eigenvalue weighted by molar-refractivity contribution is -0.116. The molecule has 2 aromatic rings. The summed E-state index contributed by atoms with van der Waals surface area (Å²) in [5, 5.41) is 3.89. The van der Waals surface area contributed by atoms with Crippen molar-refractivity contribution in [3.63, 3.8) is 0 Å². The van der Waals surface area contributed by atoms with E-state index in [0.717, 1.165) is 16.9 Å². The number of carbonyl (C=O) groups is 1. The van der Waals surface area contributed by atoms with Crippen molar-refractivity contribution >= 4 is 35.2 Å². The summed E-state index contributed by atoms with van der Waals surface area (Å²) in [6.07, 6.45) is 3.10. The highest BCUT2D eigenvalue weighted by molar-refractivity contribution is 6.35. The molecule has 0 aliphatic rings. The van der Waals surface area contributed by atoms with Gasteiger partial charge in [0.05, 0.1) is 6.61 Å². The van der Waals surface area contributed by atoms with Gasteiger partial charge in [0.1, 0.15) is 5.75 Å². The lowest BCUT2D eigenvalue weighted by Crippen LogP contribution is -2.20. The zero-order valence-corrected chi connectivity index (χ0v) is 14.2. The monoisotopic (exact) mass is 349 g/mol. The maximum atomic E-state index is 11.9. The summed E-state index contributed by atoms with van der Waals surface area (Å²) >= 11 is 11.9. The van der Waals surface area contributed by atoms with Crippen molar-refractivity contribution in [1.82, 2.24) is 5.32 Å². The van der Waals surface area contributed by atoms with E-state index in [9.17, 15) is 4.79 Å². The standard InChI is InChI=1S/C18H17Cl2NO2/c1-2-23-17-6-4-3-5-14(17)12-21-18(22)10-8-13-7-9-15(19)11-16(13)20/h3-11H,2,12H2,1H3,(H,21,22)/b10-8+. The van der Waals surface area contributed by atoms with E-state index in [1.54, 1.807) is 24.3 Å². The van der Waals surface area contributed by atoms with Gasteiger partial charge < -0.3 is 10.1 Å². The molecule has 0 unspecified atom stereocenters. The van der Waals surface area contributed by atoms with Gasteiger partial charge in [-0.3, -0.25) is 4.79 Å². The summed E-state index contributed by atoms with van der Waals surface area (Å²) in [7, 11) is 0. The van der Waals surface area contributed by atoms with Crippen LogP contribution < -0.4 is 10.1 Å². The molecule has 0 spiro atoms. The zero-order valence-electron chi connectivity index (χ0n) is 12.7. The van der Waals surface area contributed by atoms with E-state index in [2.05, 4.69) is 5.32 Å². The number of nitrogens with one attached hydrogen (secondary N) is 1. The van der Waals surface area contributed by atoms with Crippen LogP contribution >= 0.6 is 23.2 Å². The Balaban J connectivity index is 1.96. The summed E-state index contributed by atoms with van der Waals surface area (Å²) in [6, 6.07) is 12.7. The Kier molecular flexibility index (Phi) is 6.51. The van der Waals surface area contributed by atoms with Crippen LogP contribution in [0.4, 0.5) is 0 Å². The molecular formula is C18H17Cl2NO2. The first-order valence-electron chi connectivity index (χ1n) is 7.22. The molecule has 0 bridgehead atoms. The van der Waals surface area contributed by atoms with Crippen LogP contribution in [0.15, 0.2) is 48.5 Å². The lowest BCUT2D eigenvalue weighted by atomic mass is 10.2. The van der Waals surface area contributed by atoms with E-state index in [1.165, 1.54) is 6.08 Å². The second-order valence-electron chi connectivity index (χ2n) is 4.76. The highest BCUT2D eigenvalue weighted by Gasteiger charge is 2.04. The topological polar surface area (TPSA) is 38.3 Å². The van der Waals surface area contributed by atoms with Crippen molar-refractivity contribution in [2.24, 2.45) is 0 Å². The van der Waals surface area contributed by atoms with Gasteiger partial charge in [0.15, 0.2) is 0 Å². The quantitative estimate of drug-likeness (QED) is 0.766. The maximum Gasteiger partial charge on any atom is 0.244 e. The minimum absolute atomic E-state index is 0.206. The van der Waals surface area contributed by atoms with Gasteiger partial charge in [0.25, 0.3) is 0 Å². The molecule has 120 valence electrons. The van der Waals surface area contributed by atoms with Crippen LogP contribution in [0.25, 0.3) is 6.08 Å². The number of ether oxygens (including phenoxy) is 1. The van der Waals surface area contributed by atoms with Crippen molar-refractivity contribution < 1.29 is 9.53 Å². The number of para-hydroxylation sites is 1. The zero-order chi connectivity index (χ0) is 16.7. The number of hydrogen-bond donors (Lipinski definition) is 1. The van der Waals surface area contributed by atoms with Gasteiger partial charge in [0, 0.05) is 28.2 Å². The second-order valence-corrected chi connectivity index (χ2v) is 5.60. The summed E-state index contributed by atoms with van der Waals surface area (Å²) in [5.74, 6) is 0.572. The average molecular weight is 350 g/mol. The fourth-order valence-corrected chi connectivity index (χ4v) is 2.46. The van der Waals surface area contributed by atoms with Crippen molar-refractivity contribution in [1.29, 1.82) is 0 Å². The molecule has 0 fully saturated rings. The highest BCUT2D eigenvalue weighted by atomic mass is 35.5. The summed E-state index contributed by atoms with van der Waals surface area (Å²) < 4.78 is 5.53. The van der Waals surface area contributed by atoms with Crippen LogP contribution in [0.5, 0.6) is 5.75 Å². The molecule has 0 aromatic heterocycles. The van der Waals surface area contributed by atoms with Gasteiger partial charge in [-0.2, -0.15) is 0 Å². The average Bonchev–Trinajstić information content (AvgIpc) is 2.53. The van der Waals surface area contributed by atoms with Crippen molar-refractivity contribution in [2.75, 3.05) is 6.61 Å². The Morgan fingerprint density at radius 1 is 1.22 bits per heavy atom. The van der Waals surface area contributed by atoms with Crippen LogP contribution in [-0.2, 0) is 11.3 Å². The maximum absolute atomic E-state index is 11.9. The first-order valence-corrected chi connectivity index (χ1v) is 7.97. The first kappa shape index (κ1) is 17.4. The Labute approximate surface area is 145 Å². The Hall–Kier alpha value is -1.97. The summed E-state index contributed by atoms with van der Waals surface area (Å²) in [5.41, 5.74) is 1.67. The van der Waals surface area contributed by atoms with Crippen LogP contribution in [0.3, 0.4) is 0 Å². The molecule has 5 heteroatoms. The molecule has 1 N–H and O–H groups in total. The van der Waals surface area contributed by atoms with E-state index in [-0.39, 0.29) is 5.91 Å². The summed E-state index contributed by atoms with van der Waals surface area (Å²) in [4.78, 5) is 11.9. The second kappa shape index (κ2) is 8.61. The van der Waals surface area contributed by atoms with Gasteiger partial charge >= 0.3 is 0 Å². The number of benzene rings is 2. The number of carbonyl (C=O) groups excluding carboxylic acids is 1. The minimum atomic E-state index is -0.206. The molecule has 0 saturated carbocycles. The molecule has 2 aromatic carbocycles. The Bertz CT molecular complexity index is 714. The summed E-state index contributed by atoms with van der Waals surface area (Å²) in [6.45, 7) is 2.90. The number of hydrogen-bond acceptors (Lipinski definition) is 2. The van der Waals surface area contributed by atoms with E-state index < -0.39 is 0 Å². The highest BCUT2D eigenvalue weighted by Crippen LogP contribution is 2.22. The number of amides is 1. The van der Waals surface area contributed by atoms with Gasteiger partial charge in [-0.15, -0.1) is 0 Å². The van der Waals surface area contributed by atoms with Crippen LogP contribution in [0.2, 0.25) is 10.0 Å². The third-order valence-corrected chi connectivity index (χ3v) is 3.66. The van der Waals surface area contributed by atoms with Gasteiger partial charge in [-0.1, -0.05) is 47.5 Å². The van der Waals surface area contributed by atoms with Crippen molar-refractivity contribution in [3.05, 3.63) is 69.7 Å². The molecule has 3 nitrogen and oxygen atoms in total. The number of rotatable bonds is 6. The first-order chi connectivity index (χ1) is 11.1. The third-order valence-electron chi connectivity index (χ3n) is 3.10. The molecule has 0 radical (unpaired) electrons. The largest absolute Gasteiger partial charge is 0.494 e. The molecule has 0 aliphatic carbocycles. The van der Waals surface area contributed by atoms with Crippen LogP contribution in [0.1, 0.15) is 18.1 Å². The van der Waals surface area contributed by atoms with E-state index in [1.807, 2.05) is 31.2 Å². The fraction of sp³-hybridized carbons (Fsp3) is 0.167. The molecule has 1 amide bonds. The molecule has 23 heavy (non-hydrogen) atoms. The predicted octanol–water partition coefficient (Wildman–Crippen LogP) is 4.72. The van der Waals surface area contributed by atoms with Gasteiger partial charge in [-0.25, -0.2) is 0 Å². The molecule has 0 aliphatic heterocycles. The predicted molar refractivity (Wildman–Crippen MR) is 95.0 cm³/mol. The lowest BCUT2D eigenvalue weighted by Gasteiger charge is -2.10. The SMILES string of the molecule is CCOc1ccccc1CNC(=O)/C=C/c1ccc(Cl)cc1Cl. The third kappa shape index (κ3) is 5.31.